The maximum absolute atomic E-state index is 5.76. The first-order chi connectivity index (χ1) is 8.29. The SMILES string of the molecule is CNCCc1cnc(CC2CCCCN2C)o1. The molecule has 1 saturated heterocycles. The number of likely N-dealkylation sites (N-methyl/N-ethyl adjacent to an activating group) is 2. The quantitative estimate of drug-likeness (QED) is 0.842. The Morgan fingerprint density at radius 3 is 3.18 bits per heavy atom. The minimum Gasteiger partial charge on any atom is -0.446 e. The van der Waals surface area contributed by atoms with Gasteiger partial charge >= 0.3 is 0 Å². The molecule has 4 nitrogen and oxygen atoms in total. The average Bonchev–Trinajstić information content (AvgIpc) is 2.77. The van der Waals surface area contributed by atoms with Crippen LogP contribution in [0.3, 0.4) is 0 Å². The van der Waals surface area contributed by atoms with Gasteiger partial charge in [0, 0.05) is 25.4 Å². The summed E-state index contributed by atoms with van der Waals surface area (Å²) in [5.74, 6) is 1.89. The van der Waals surface area contributed by atoms with Crippen molar-refractivity contribution < 1.29 is 4.42 Å². The molecule has 1 unspecified atom stereocenters. The normalized spacial score (nSPS) is 21.9. The minimum absolute atomic E-state index is 0.611. The molecule has 0 aromatic carbocycles. The summed E-state index contributed by atoms with van der Waals surface area (Å²) in [7, 11) is 4.16. The lowest BCUT2D eigenvalue weighted by atomic mass is 10.0. The summed E-state index contributed by atoms with van der Waals surface area (Å²) in [5.41, 5.74) is 0. The molecule has 1 atom stereocenters. The van der Waals surface area contributed by atoms with Crippen molar-refractivity contribution in [1.82, 2.24) is 15.2 Å². The zero-order chi connectivity index (χ0) is 12.1. The topological polar surface area (TPSA) is 41.3 Å². The molecule has 0 radical (unpaired) electrons. The average molecular weight is 237 g/mol. The van der Waals surface area contributed by atoms with Crippen LogP contribution < -0.4 is 5.32 Å². The lowest BCUT2D eigenvalue weighted by Gasteiger charge is -2.31. The van der Waals surface area contributed by atoms with E-state index in [1.54, 1.807) is 0 Å². The fraction of sp³-hybridized carbons (Fsp3) is 0.769. The van der Waals surface area contributed by atoms with Crippen LogP contribution in [0.2, 0.25) is 0 Å². The van der Waals surface area contributed by atoms with Gasteiger partial charge in [-0.25, -0.2) is 4.98 Å². The first kappa shape index (κ1) is 12.6. The second-order valence-corrected chi connectivity index (χ2v) is 4.91. The van der Waals surface area contributed by atoms with Crippen molar-refractivity contribution in [1.29, 1.82) is 0 Å². The van der Waals surface area contributed by atoms with Crippen molar-refractivity contribution in [2.45, 2.75) is 38.1 Å². The molecule has 0 bridgehead atoms. The van der Waals surface area contributed by atoms with Crippen LogP contribution in [0.4, 0.5) is 0 Å². The Kier molecular flexibility index (Phi) is 4.57. The van der Waals surface area contributed by atoms with Gasteiger partial charge in [-0.3, -0.25) is 0 Å². The van der Waals surface area contributed by atoms with Crippen LogP contribution in [0.25, 0.3) is 0 Å². The van der Waals surface area contributed by atoms with E-state index in [1.165, 1.54) is 25.8 Å². The van der Waals surface area contributed by atoms with Gasteiger partial charge in [-0.05, 0) is 33.5 Å². The third-order valence-corrected chi connectivity index (χ3v) is 3.55. The number of nitrogens with one attached hydrogen (secondary N) is 1. The van der Waals surface area contributed by atoms with Gasteiger partial charge in [0.2, 0.25) is 0 Å². The van der Waals surface area contributed by atoms with Gasteiger partial charge in [-0.15, -0.1) is 0 Å². The van der Waals surface area contributed by atoms with E-state index in [2.05, 4.69) is 22.2 Å². The fourth-order valence-electron chi connectivity index (χ4n) is 2.41. The monoisotopic (exact) mass is 237 g/mol. The minimum atomic E-state index is 0.611. The molecular formula is C13H23N3O. The number of aromatic nitrogens is 1. The summed E-state index contributed by atoms with van der Waals surface area (Å²) in [4.78, 5) is 6.81. The van der Waals surface area contributed by atoms with Gasteiger partial charge in [0.15, 0.2) is 5.89 Å². The Morgan fingerprint density at radius 2 is 2.41 bits per heavy atom. The Hall–Kier alpha value is -0.870. The third-order valence-electron chi connectivity index (χ3n) is 3.55. The zero-order valence-corrected chi connectivity index (χ0v) is 10.9. The van der Waals surface area contributed by atoms with Gasteiger partial charge in [0.1, 0.15) is 5.76 Å². The smallest absolute Gasteiger partial charge is 0.195 e. The highest BCUT2D eigenvalue weighted by molar-refractivity contribution is 4.97. The van der Waals surface area contributed by atoms with Gasteiger partial charge in [-0.1, -0.05) is 6.42 Å². The number of hydrogen-bond donors (Lipinski definition) is 1. The van der Waals surface area contributed by atoms with E-state index in [9.17, 15) is 0 Å². The highest BCUT2D eigenvalue weighted by atomic mass is 16.4. The Balaban J connectivity index is 1.87. The lowest BCUT2D eigenvalue weighted by Crippen LogP contribution is -2.37. The summed E-state index contributed by atoms with van der Waals surface area (Å²) >= 11 is 0. The molecule has 0 aliphatic carbocycles. The van der Waals surface area contributed by atoms with E-state index in [4.69, 9.17) is 4.42 Å². The molecule has 17 heavy (non-hydrogen) atoms. The maximum Gasteiger partial charge on any atom is 0.195 e. The number of piperidine rings is 1. The van der Waals surface area contributed by atoms with Crippen molar-refractivity contribution in [3.63, 3.8) is 0 Å². The molecule has 1 N–H and O–H groups in total. The highest BCUT2D eigenvalue weighted by Gasteiger charge is 2.21. The van der Waals surface area contributed by atoms with Crippen molar-refractivity contribution in [3.05, 3.63) is 17.8 Å². The summed E-state index contributed by atoms with van der Waals surface area (Å²) in [6, 6.07) is 0.611. The predicted octanol–water partition coefficient (Wildman–Crippen LogP) is 1.46. The molecule has 1 aliphatic rings. The number of hydrogen-bond acceptors (Lipinski definition) is 4. The van der Waals surface area contributed by atoms with Crippen LogP contribution in [-0.4, -0.2) is 43.1 Å². The van der Waals surface area contributed by atoms with Crippen LogP contribution in [0.5, 0.6) is 0 Å². The Bertz CT molecular complexity index is 337. The van der Waals surface area contributed by atoms with Gasteiger partial charge in [-0.2, -0.15) is 0 Å². The first-order valence-corrected chi connectivity index (χ1v) is 6.58. The molecule has 1 aromatic heterocycles. The second kappa shape index (κ2) is 6.17. The highest BCUT2D eigenvalue weighted by Crippen LogP contribution is 2.19. The van der Waals surface area contributed by atoms with E-state index in [0.717, 1.165) is 31.0 Å². The molecule has 1 aromatic rings. The summed E-state index contributed by atoms with van der Waals surface area (Å²) in [6.07, 6.45) is 7.68. The number of rotatable bonds is 5. The zero-order valence-electron chi connectivity index (χ0n) is 10.9. The molecule has 0 spiro atoms. The van der Waals surface area contributed by atoms with Gasteiger partial charge in [0.25, 0.3) is 0 Å². The van der Waals surface area contributed by atoms with Crippen LogP contribution in [0.15, 0.2) is 10.6 Å². The van der Waals surface area contributed by atoms with Crippen molar-refractivity contribution in [2.24, 2.45) is 0 Å². The van der Waals surface area contributed by atoms with Crippen molar-refractivity contribution >= 4 is 0 Å². The summed E-state index contributed by atoms with van der Waals surface area (Å²) in [5, 5.41) is 3.12. The van der Waals surface area contributed by atoms with Crippen LogP contribution in [0.1, 0.15) is 30.9 Å². The van der Waals surface area contributed by atoms with Gasteiger partial charge in [0.05, 0.1) is 6.20 Å². The molecule has 4 heteroatoms. The number of likely N-dealkylation sites (tertiary alicyclic amines) is 1. The summed E-state index contributed by atoms with van der Waals surface area (Å²) in [6.45, 7) is 2.15. The molecule has 96 valence electrons. The van der Waals surface area contributed by atoms with Crippen molar-refractivity contribution in [3.8, 4) is 0 Å². The van der Waals surface area contributed by atoms with E-state index in [1.807, 2.05) is 13.2 Å². The Morgan fingerprint density at radius 1 is 1.53 bits per heavy atom. The van der Waals surface area contributed by atoms with Crippen molar-refractivity contribution in [2.75, 3.05) is 27.2 Å². The first-order valence-electron chi connectivity index (χ1n) is 6.58. The predicted molar refractivity (Wildman–Crippen MR) is 68.1 cm³/mol. The lowest BCUT2D eigenvalue weighted by molar-refractivity contribution is 0.176. The molecule has 0 amide bonds. The Labute approximate surface area is 103 Å². The molecule has 1 fully saturated rings. The fourth-order valence-corrected chi connectivity index (χ4v) is 2.41. The molecule has 1 aliphatic heterocycles. The van der Waals surface area contributed by atoms with Crippen LogP contribution in [0, 0.1) is 0 Å². The van der Waals surface area contributed by atoms with E-state index in [0.29, 0.717) is 6.04 Å². The largest absolute Gasteiger partial charge is 0.446 e. The number of oxazole rings is 1. The number of nitrogens with zero attached hydrogens (tertiary/aromatic N) is 2. The molecule has 2 rings (SSSR count). The molecule has 0 saturated carbocycles. The van der Waals surface area contributed by atoms with E-state index < -0.39 is 0 Å². The van der Waals surface area contributed by atoms with Crippen LogP contribution >= 0.6 is 0 Å². The molecular weight excluding hydrogens is 214 g/mol. The summed E-state index contributed by atoms with van der Waals surface area (Å²) < 4.78 is 5.76. The van der Waals surface area contributed by atoms with Gasteiger partial charge < -0.3 is 14.6 Å². The molecule has 2 heterocycles. The second-order valence-electron chi connectivity index (χ2n) is 4.91. The maximum atomic E-state index is 5.76. The van der Waals surface area contributed by atoms with E-state index in [-0.39, 0.29) is 0 Å². The van der Waals surface area contributed by atoms with E-state index >= 15 is 0 Å². The standard InChI is InChI=1S/C13H23N3O/c1-14-7-6-12-10-15-13(17-12)9-11-5-3-4-8-16(11)2/h10-11,14H,3-9H2,1-2H3. The van der Waals surface area contributed by atoms with Crippen LogP contribution in [-0.2, 0) is 12.8 Å². The third kappa shape index (κ3) is 3.54.